The Balaban J connectivity index is 2.25. The maximum atomic E-state index is 11.6. The predicted octanol–water partition coefficient (Wildman–Crippen LogP) is 2.44. The maximum absolute atomic E-state index is 11.6. The summed E-state index contributed by atoms with van der Waals surface area (Å²) in [5.41, 5.74) is 0. The first-order valence-corrected chi connectivity index (χ1v) is 8.75. The first-order valence-electron chi connectivity index (χ1n) is 8.75. The van der Waals surface area contributed by atoms with Crippen LogP contribution in [0.3, 0.4) is 0 Å². The molecule has 1 saturated heterocycles. The second kappa shape index (κ2) is 10.2. The molecule has 0 aromatic rings. The van der Waals surface area contributed by atoms with Gasteiger partial charge >= 0.3 is 0 Å². The van der Waals surface area contributed by atoms with Crippen LogP contribution in [-0.2, 0) is 4.79 Å². The molecule has 1 rings (SSSR count). The summed E-state index contributed by atoms with van der Waals surface area (Å²) >= 11 is 0. The van der Waals surface area contributed by atoms with Gasteiger partial charge in [0.2, 0.25) is 5.91 Å². The van der Waals surface area contributed by atoms with Crippen LogP contribution in [0, 0.1) is 0 Å². The fraction of sp³-hybridized carbons (Fsp3) is 0.941. The first kappa shape index (κ1) is 18.4. The van der Waals surface area contributed by atoms with Gasteiger partial charge in [-0.2, -0.15) is 0 Å². The van der Waals surface area contributed by atoms with Crippen molar-refractivity contribution in [2.45, 2.75) is 58.4 Å². The van der Waals surface area contributed by atoms with Gasteiger partial charge in [0.05, 0.1) is 0 Å². The van der Waals surface area contributed by atoms with Crippen molar-refractivity contribution in [2.75, 3.05) is 46.8 Å². The number of unbranched alkanes of at least 4 members (excludes halogenated alkanes) is 2. The highest BCUT2D eigenvalue weighted by molar-refractivity contribution is 5.75. The molecule has 0 aromatic heterocycles. The lowest BCUT2D eigenvalue weighted by molar-refractivity contribution is -0.129. The van der Waals surface area contributed by atoms with Crippen molar-refractivity contribution in [1.29, 1.82) is 0 Å². The van der Waals surface area contributed by atoms with E-state index in [1.54, 1.807) is 4.90 Å². The standard InChI is InChI=1S/C17H35N3O/c1-5-7-8-9-16(6-2)20-14-12-19(13-15-20)11-10-17(21)18(3)4/h16H,5-15H2,1-4H3. The molecule has 1 unspecified atom stereocenters. The summed E-state index contributed by atoms with van der Waals surface area (Å²) in [6, 6.07) is 0.766. The molecule has 0 spiro atoms. The molecule has 0 aliphatic carbocycles. The predicted molar refractivity (Wildman–Crippen MR) is 89.5 cm³/mol. The molecule has 0 radical (unpaired) electrons. The molecule has 4 nitrogen and oxygen atoms in total. The third-order valence-corrected chi connectivity index (χ3v) is 4.68. The van der Waals surface area contributed by atoms with Gasteiger partial charge < -0.3 is 9.80 Å². The second-order valence-corrected chi connectivity index (χ2v) is 6.47. The maximum Gasteiger partial charge on any atom is 0.223 e. The first-order chi connectivity index (χ1) is 10.1. The van der Waals surface area contributed by atoms with Crippen molar-refractivity contribution in [3.05, 3.63) is 0 Å². The third kappa shape index (κ3) is 6.79. The van der Waals surface area contributed by atoms with E-state index in [1.165, 1.54) is 45.2 Å². The van der Waals surface area contributed by atoms with E-state index in [2.05, 4.69) is 23.6 Å². The zero-order valence-electron chi connectivity index (χ0n) is 14.6. The highest BCUT2D eigenvalue weighted by Gasteiger charge is 2.22. The summed E-state index contributed by atoms with van der Waals surface area (Å²) in [6.07, 6.45) is 7.31. The van der Waals surface area contributed by atoms with Crippen molar-refractivity contribution >= 4 is 5.91 Å². The van der Waals surface area contributed by atoms with Crippen LogP contribution in [0.2, 0.25) is 0 Å². The summed E-state index contributed by atoms with van der Waals surface area (Å²) < 4.78 is 0. The topological polar surface area (TPSA) is 26.8 Å². The molecule has 124 valence electrons. The Kier molecular flexibility index (Phi) is 8.93. The normalized spacial score (nSPS) is 18.7. The largest absolute Gasteiger partial charge is 0.349 e. The lowest BCUT2D eigenvalue weighted by atomic mass is 10.0. The summed E-state index contributed by atoms with van der Waals surface area (Å²) in [5, 5.41) is 0. The minimum atomic E-state index is 0.239. The molecule has 1 aliphatic heterocycles. The fourth-order valence-corrected chi connectivity index (χ4v) is 3.10. The zero-order chi connectivity index (χ0) is 15.7. The van der Waals surface area contributed by atoms with Gasteiger partial charge in [-0.25, -0.2) is 0 Å². The number of hydrogen-bond acceptors (Lipinski definition) is 3. The van der Waals surface area contributed by atoms with Crippen LogP contribution < -0.4 is 0 Å². The summed E-state index contributed by atoms with van der Waals surface area (Å²) in [6.45, 7) is 10.1. The lowest BCUT2D eigenvalue weighted by Crippen LogP contribution is -2.50. The van der Waals surface area contributed by atoms with E-state index in [1.807, 2.05) is 14.1 Å². The van der Waals surface area contributed by atoms with Crippen molar-refractivity contribution in [2.24, 2.45) is 0 Å². The molecule has 0 saturated carbocycles. The van der Waals surface area contributed by atoms with Crippen LogP contribution in [0.5, 0.6) is 0 Å². The van der Waals surface area contributed by atoms with E-state index in [0.29, 0.717) is 6.42 Å². The number of piperazine rings is 1. The second-order valence-electron chi connectivity index (χ2n) is 6.47. The molecule has 0 aromatic carbocycles. The van der Waals surface area contributed by atoms with E-state index in [-0.39, 0.29) is 5.91 Å². The molecule has 21 heavy (non-hydrogen) atoms. The number of rotatable bonds is 9. The quantitative estimate of drug-likeness (QED) is 0.612. The van der Waals surface area contributed by atoms with E-state index in [0.717, 1.165) is 25.7 Å². The summed E-state index contributed by atoms with van der Waals surface area (Å²) in [5.74, 6) is 0.239. The Labute approximate surface area is 131 Å². The van der Waals surface area contributed by atoms with Crippen LogP contribution in [0.25, 0.3) is 0 Å². The molecular weight excluding hydrogens is 262 g/mol. The smallest absolute Gasteiger partial charge is 0.223 e. The minimum Gasteiger partial charge on any atom is -0.349 e. The van der Waals surface area contributed by atoms with E-state index in [9.17, 15) is 4.79 Å². The third-order valence-electron chi connectivity index (χ3n) is 4.68. The molecular formula is C17H35N3O. The number of carbonyl (C=O) groups is 1. The molecule has 1 aliphatic rings. The van der Waals surface area contributed by atoms with Crippen LogP contribution in [0.4, 0.5) is 0 Å². The van der Waals surface area contributed by atoms with Gasteiger partial charge in [0.15, 0.2) is 0 Å². The van der Waals surface area contributed by atoms with Crippen molar-refractivity contribution in [1.82, 2.24) is 14.7 Å². The van der Waals surface area contributed by atoms with Crippen molar-refractivity contribution < 1.29 is 4.79 Å². The van der Waals surface area contributed by atoms with Gasteiger partial charge in [0, 0.05) is 59.3 Å². The van der Waals surface area contributed by atoms with E-state index < -0.39 is 0 Å². The Morgan fingerprint density at radius 2 is 1.76 bits per heavy atom. The molecule has 0 bridgehead atoms. The SMILES string of the molecule is CCCCCC(CC)N1CCN(CCC(=O)N(C)C)CC1. The van der Waals surface area contributed by atoms with Gasteiger partial charge in [-0.05, 0) is 12.8 Å². The molecule has 1 heterocycles. The van der Waals surface area contributed by atoms with Crippen LogP contribution in [-0.4, -0.2) is 73.5 Å². The van der Waals surface area contributed by atoms with Crippen molar-refractivity contribution in [3.63, 3.8) is 0 Å². The number of nitrogens with zero attached hydrogens (tertiary/aromatic N) is 3. The number of amides is 1. The molecule has 1 fully saturated rings. The van der Waals surface area contributed by atoms with Gasteiger partial charge in [-0.1, -0.05) is 33.1 Å². The lowest BCUT2D eigenvalue weighted by Gasteiger charge is -2.39. The molecule has 1 amide bonds. The summed E-state index contributed by atoms with van der Waals surface area (Å²) in [7, 11) is 3.67. The Bertz CT molecular complexity index is 286. The van der Waals surface area contributed by atoms with Crippen LogP contribution in [0.15, 0.2) is 0 Å². The van der Waals surface area contributed by atoms with Gasteiger partial charge in [0.1, 0.15) is 0 Å². The van der Waals surface area contributed by atoms with Crippen LogP contribution >= 0.6 is 0 Å². The Morgan fingerprint density at radius 3 is 2.29 bits per heavy atom. The minimum absolute atomic E-state index is 0.239. The zero-order valence-corrected chi connectivity index (χ0v) is 14.6. The highest BCUT2D eigenvalue weighted by atomic mass is 16.2. The molecule has 1 atom stereocenters. The molecule has 4 heteroatoms. The highest BCUT2D eigenvalue weighted by Crippen LogP contribution is 2.16. The average molecular weight is 297 g/mol. The monoisotopic (exact) mass is 297 g/mol. The Hall–Kier alpha value is -0.610. The van der Waals surface area contributed by atoms with E-state index >= 15 is 0 Å². The number of carbonyl (C=O) groups excluding carboxylic acids is 1. The van der Waals surface area contributed by atoms with Gasteiger partial charge in [-0.3, -0.25) is 9.69 Å². The summed E-state index contributed by atoms with van der Waals surface area (Å²) in [4.78, 5) is 18.4. The van der Waals surface area contributed by atoms with E-state index in [4.69, 9.17) is 0 Å². The fourth-order valence-electron chi connectivity index (χ4n) is 3.10. The van der Waals surface area contributed by atoms with Gasteiger partial charge in [0.25, 0.3) is 0 Å². The Morgan fingerprint density at radius 1 is 1.10 bits per heavy atom. The average Bonchev–Trinajstić information content (AvgIpc) is 2.50. The van der Waals surface area contributed by atoms with Crippen LogP contribution in [0.1, 0.15) is 52.4 Å². The van der Waals surface area contributed by atoms with Gasteiger partial charge in [-0.15, -0.1) is 0 Å². The number of hydrogen-bond donors (Lipinski definition) is 0. The van der Waals surface area contributed by atoms with Crippen molar-refractivity contribution in [3.8, 4) is 0 Å². The molecule has 0 N–H and O–H groups in total.